The van der Waals surface area contributed by atoms with Gasteiger partial charge in [-0.15, -0.1) is 0 Å². The van der Waals surface area contributed by atoms with Crippen molar-refractivity contribution < 1.29 is 19.4 Å². The van der Waals surface area contributed by atoms with E-state index in [0.29, 0.717) is 17.3 Å². The van der Waals surface area contributed by atoms with Gasteiger partial charge in [-0.1, -0.05) is 35.9 Å². The third-order valence-electron chi connectivity index (χ3n) is 4.76. The van der Waals surface area contributed by atoms with E-state index in [4.69, 9.17) is 16.3 Å². The number of benzene rings is 2. The highest BCUT2D eigenvalue weighted by molar-refractivity contribution is 6.30. The number of ether oxygens (including phenoxy) is 2. The fraction of sp³-hybridized carbons (Fsp3) is 0.318. The lowest BCUT2D eigenvalue weighted by Crippen LogP contribution is -2.32. The standard InChI is InChI=1S/C22H25ClN2O4/c1-14(24-12-19(26)15-5-3-6-17(23)10-15)9-16-11-25-22-18(16)7-4-8-20(22)29-13-21(27)28-2/h3-8,10-11,14,19,24-26H,9,12-13H2,1-2H3/t14?,19-/m0/s1. The topological polar surface area (TPSA) is 83.6 Å². The van der Waals surface area contributed by atoms with E-state index in [9.17, 15) is 9.90 Å². The van der Waals surface area contributed by atoms with Gasteiger partial charge in [-0.05, 0) is 42.7 Å². The van der Waals surface area contributed by atoms with Gasteiger partial charge in [0, 0.05) is 29.2 Å². The van der Waals surface area contributed by atoms with Crippen LogP contribution in [-0.4, -0.2) is 42.4 Å². The van der Waals surface area contributed by atoms with Crippen LogP contribution in [0.15, 0.2) is 48.7 Å². The first kappa shape index (κ1) is 21.2. The minimum Gasteiger partial charge on any atom is -0.480 e. The number of rotatable bonds is 9. The number of aliphatic hydroxyl groups excluding tert-OH is 1. The smallest absolute Gasteiger partial charge is 0.343 e. The van der Waals surface area contributed by atoms with Gasteiger partial charge in [0.15, 0.2) is 6.61 Å². The Kier molecular flexibility index (Phi) is 7.14. The van der Waals surface area contributed by atoms with Crippen LogP contribution in [0, 0.1) is 0 Å². The number of hydrogen-bond acceptors (Lipinski definition) is 5. The minimum atomic E-state index is -0.627. The summed E-state index contributed by atoms with van der Waals surface area (Å²) in [6.45, 7) is 2.36. The number of carbonyl (C=O) groups is 1. The van der Waals surface area contributed by atoms with Crippen molar-refractivity contribution in [3.8, 4) is 5.75 Å². The Hall–Kier alpha value is -2.54. The molecule has 0 saturated heterocycles. The number of halogens is 1. The average molecular weight is 417 g/mol. The number of carbonyl (C=O) groups excluding carboxylic acids is 1. The van der Waals surface area contributed by atoms with E-state index in [1.54, 1.807) is 12.1 Å². The monoisotopic (exact) mass is 416 g/mol. The summed E-state index contributed by atoms with van der Waals surface area (Å²) in [4.78, 5) is 14.6. The molecule has 154 valence electrons. The highest BCUT2D eigenvalue weighted by Gasteiger charge is 2.14. The number of esters is 1. The molecule has 0 amide bonds. The summed E-state index contributed by atoms with van der Waals surface area (Å²) in [5, 5.41) is 15.4. The van der Waals surface area contributed by atoms with Gasteiger partial charge < -0.3 is 24.9 Å². The summed E-state index contributed by atoms with van der Waals surface area (Å²) in [6, 6.07) is 13.1. The van der Waals surface area contributed by atoms with Gasteiger partial charge in [0.05, 0.1) is 18.7 Å². The molecule has 2 atom stereocenters. The van der Waals surface area contributed by atoms with Crippen LogP contribution in [0.4, 0.5) is 0 Å². The van der Waals surface area contributed by atoms with Crippen LogP contribution >= 0.6 is 11.6 Å². The SMILES string of the molecule is COC(=O)COc1cccc2c(CC(C)NC[C@H](O)c3cccc(Cl)c3)c[nH]c12. The summed E-state index contributed by atoms with van der Waals surface area (Å²) in [7, 11) is 1.33. The van der Waals surface area contributed by atoms with E-state index in [-0.39, 0.29) is 12.6 Å². The molecule has 6 nitrogen and oxygen atoms in total. The molecule has 3 rings (SSSR count). The molecule has 3 aromatic rings. The number of nitrogens with one attached hydrogen (secondary N) is 2. The third-order valence-corrected chi connectivity index (χ3v) is 4.99. The van der Waals surface area contributed by atoms with Gasteiger partial charge in [-0.3, -0.25) is 0 Å². The van der Waals surface area contributed by atoms with E-state index in [1.807, 2.05) is 36.5 Å². The largest absolute Gasteiger partial charge is 0.480 e. The maximum absolute atomic E-state index is 11.3. The van der Waals surface area contributed by atoms with Gasteiger partial charge in [0.25, 0.3) is 0 Å². The third kappa shape index (κ3) is 5.50. The molecule has 7 heteroatoms. The summed E-state index contributed by atoms with van der Waals surface area (Å²) in [5.41, 5.74) is 2.76. The van der Waals surface area contributed by atoms with Crippen molar-refractivity contribution in [2.45, 2.75) is 25.5 Å². The van der Waals surface area contributed by atoms with Crippen LogP contribution in [0.3, 0.4) is 0 Å². The van der Waals surface area contributed by atoms with Gasteiger partial charge in [0.2, 0.25) is 0 Å². The van der Waals surface area contributed by atoms with Gasteiger partial charge in [0.1, 0.15) is 5.75 Å². The highest BCUT2D eigenvalue weighted by atomic mass is 35.5. The maximum Gasteiger partial charge on any atom is 0.343 e. The zero-order chi connectivity index (χ0) is 20.8. The normalized spacial score (nSPS) is 13.2. The molecule has 0 spiro atoms. The molecule has 0 bridgehead atoms. The number of aromatic nitrogens is 1. The second-order valence-corrected chi connectivity index (χ2v) is 7.38. The Morgan fingerprint density at radius 3 is 2.83 bits per heavy atom. The van der Waals surface area contributed by atoms with Crippen LogP contribution in [0.5, 0.6) is 5.75 Å². The summed E-state index contributed by atoms with van der Waals surface area (Å²) >= 11 is 5.99. The van der Waals surface area contributed by atoms with Crippen molar-refractivity contribution in [1.29, 1.82) is 0 Å². The number of H-pyrrole nitrogens is 1. The van der Waals surface area contributed by atoms with E-state index in [0.717, 1.165) is 28.5 Å². The number of methoxy groups -OCH3 is 1. The Bertz CT molecular complexity index is 972. The molecule has 1 heterocycles. The first-order valence-electron chi connectivity index (χ1n) is 9.43. The molecule has 0 fully saturated rings. The summed E-state index contributed by atoms with van der Waals surface area (Å²) in [5.74, 6) is 0.181. The van der Waals surface area contributed by atoms with Crippen molar-refractivity contribution in [1.82, 2.24) is 10.3 Å². The Balaban J connectivity index is 1.61. The highest BCUT2D eigenvalue weighted by Crippen LogP contribution is 2.28. The van der Waals surface area contributed by atoms with Crippen LogP contribution in [-0.2, 0) is 16.0 Å². The summed E-state index contributed by atoms with van der Waals surface area (Å²) < 4.78 is 10.2. The van der Waals surface area contributed by atoms with E-state index in [2.05, 4.69) is 22.0 Å². The second kappa shape index (κ2) is 9.78. The average Bonchev–Trinajstić information content (AvgIpc) is 3.13. The number of aliphatic hydroxyl groups is 1. The van der Waals surface area contributed by atoms with Crippen molar-refractivity contribution in [3.05, 3.63) is 64.8 Å². The lowest BCUT2D eigenvalue weighted by molar-refractivity contribution is -0.142. The molecule has 1 aromatic heterocycles. The molecule has 0 aliphatic carbocycles. The minimum absolute atomic E-state index is 0.136. The predicted molar refractivity (Wildman–Crippen MR) is 113 cm³/mol. The van der Waals surface area contributed by atoms with Gasteiger partial charge in [-0.2, -0.15) is 0 Å². The number of hydrogen-bond donors (Lipinski definition) is 3. The molecular formula is C22H25ClN2O4. The van der Waals surface area contributed by atoms with Gasteiger partial charge in [-0.25, -0.2) is 4.79 Å². The quantitative estimate of drug-likeness (QED) is 0.464. The van der Waals surface area contributed by atoms with E-state index < -0.39 is 12.1 Å². The Morgan fingerprint density at radius 2 is 2.07 bits per heavy atom. The molecule has 29 heavy (non-hydrogen) atoms. The van der Waals surface area contributed by atoms with E-state index in [1.165, 1.54) is 7.11 Å². The number of para-hydroxylation sites is 1. The van der Waals surface area contributed by atoms with Crippen molar-refractivity contribution in [3.63, 3.8) is 0 Å². The number of aromatic amines is 1. The summed E-state index contributed by atoms with van der Waals surface area (Å²) in [6.07, 6.45) is 2.08. The zero-order valence-corrected chi connectivity index (χ0v) is 17.2. The lowest BCUT2D eigenvalue weighted by Gasteiger charge is -2.17. The lowest BCUT2D eigenvalue weighted by atomic mass is 10.0. The first-order chi connectivity index (χ1) is 14.0. The number of fused-ring (bicyclic) bond motifs is 1. The predicted octanol–water partition coefficient (Wildman–Crippen LogP) is 3.63. The molecule has 3 N–H and O–H groups in total. The van der Waals surface area contributed by atoms with Crippen molar-refractivity contribution in [2.75, 3.05) is 20.3 Å². The van der Waals surface area contributed by atoms with Crippen LogP contribution in [0.1, 0.15) is 24.2 Å². The van der Waals surface area contributed by atoms with Crippen LogP contribution < -0.4 is 10.1 Å². The van der Waals surface area contributed by atoms with Gasteiger partial charge >= 0.3 is 5.97 Å². The van der Waals surface area contributed by atoms with Crippen molar-refractivity contribution in [2.24, 2.45) is 0 Å². The molecule has 2 aromatic carbocycles. The van der Waals surface area contributed by atoms with Crippen LogP contribution in [0.25, 0.3) is 10.9 Å². The molecule has 0 radical (unpaired) electrons. The molecule has 0 aliphatic rings. The fourth-order valence-electron chi connectivity index (χ4n) is 3.22. The van der Waals surface area contributed by atoms with E-state index >= 15 is 0 Å². The first-order valence-corrected chi connectivity index (χ1v) is 9.81. The molecular weight excluding hydrogens is 392 g/mol. The Morgan fingerprint density at radius 1 is 1.28 bits per heavy atom. The second-order valence-electron chi connectivity index (χ2n) is 6.94. The fourth-order valence-corrected chi connectivity index (χ4v) is 3.41. The maximum atomic E-state index is 11.3. The van der Waals surface area contributed by atoms with Crippen molar-refractivity contribution >= 4 is 28.5 Å². The van der Waals surface area contributed by atoms with Crippen LogP contribution in [0.2, 0.25) is 5.02 Å². The Labute approximate surface area is 174 Å². The molecule has 0 saturated carbocycles. The zero-order valence-electron chi connectivity index (χ0n) is 16.4. The molecule has 0 aliphatic heterocycles. The molecule has 1 unspecified atom stereocenters.